The fourth-order valence-corrected chi connectivity index (χ4v) is 7.84. The normalized spacial score (nSPS) is 12.1. The molecule has 0 aliphatic rings. The van der Waals surface area contributed by atoms with Crippen LogP contribution in [-0.2, 0) is 0 Å². The summed E-state index contributed by atoms with van der Waals surface area (Å²) in [5.74, 6) is -2.07. The Morgan fingerprint density at radius 1 is 0.450 bits per heavy atom. The molecule has 2 heteroatoms. The van der Waals surface area contributed by atoms with Gasteiger partial charge in [-0.15, -0.1) is 0 Å². The van der Waals surface area contributed by atoms with Gasteiger partial charge in [-0.3, -0.25) is 0 Å². The molecular weight excluding hydrogens is 327 g/mol. The summed E-state index contributed by atoms with van der Waals surface area (Å²) < 4.78 is 0. The molecule has 0 fully saturated rings. The molecule has 0 unspecified atom stereocenters. The first kappa shape index (κ1) is 13.5. The van der Waals surface area contributed by atoms with E-state index in [9.17, 15) is 0 Å². The number of hydrogen-bond donors (Lipinski definition) is 0. The van der Waals surface area contributed by atoms with Crippen LogP contribution in [0.15, 0.2) is 91.0 Å². The van der Waals surface area contributed by atoms with Crippen molar-refractivity contribution < 1.29 is 0 Å². The van der Waals surface area contributed by atoms with E-state index in [1.54, 1.807) is 0 Å². The molecule has 0 aliphatic carbocycles. The van der Waals surface area contributed by atoms with Crippen molar-refractivity contribution in [3.8, 4) is 0 Å². The van der Waals surface area contributed by atoms with Crippen molar-refractivity contribution in [1.29, 1.82) is 0 Å². The summed E-state index contributed by atoms with van der Waals surface area (Å²) in [5, 5.41) is 4.12. The van der Waals surface area contributed by atoms with Crippen LogP contribution in [0.3, 0.4) is 0 Å². The van der Waals surface area contributed by atoms with E-state index in [-0.39, 0.29) is 0 Å². The third kappa shape index (κ3) is 2.44. The molecule has 20 heavy (non-hydrogen) atoms. The quantitative estimate of drug-likeness (QED) is 0.630. The molecule has 0 nitrogen and oxygen atoms in total. The van der Waals surface area contributed by atoms with Crippen LogP contribution in [0.4, 0.5) is 0 Å². The van der Waals surface area contributed by atoms with Crippen LogP contribution in [-0.4, -0.2) is 0 Å². The minimum atomic E-state index is -2.07. The molecule has 0 spiro atoms. The van der Waals surface area contributed by atoms with Gasteiger partial charge in [-0.2, -0.15) is 0 Å². The molecule has 3 rings (SSSR count). The van der Waals surface area contributed by atoms with E-state index >= 15 is 0 Å². The Morgan fingerprint density at radius 2 is 0.700 bits per heavy atom. The van der Waals surface area contributed by atoms with Crippen molar-refractivity contribution >= 4 is 37.4 Å². The number of benzene rings is 3. The van der Waals surface area contributed by atoms with Crippen LogP contribution < -0.4 is 15.9 Å². The van der Waals surface area contributed by atoms with E-state index in [2.05, 4.69) is 106 Å². The van der Waals surface area contributed by atoms with Crippen molar-refractivity contribution in [2.45, 2.75) is 0 Å². The van der Waals surface area contributed by atoms with Gasteiger partial charge in [0, 0.05) is 0 Å². The zero-order chi connectivity index (χ0) is 13.8. The second-order valence-corrected chi connectivity index (χ2v) is 11.4. The molecule has 0 amide bonds. The van der Waals surface area contributed by atoms with Gasteiger partial charge in [0.2, 0.25) is 0 Å². The van der Waals surface area contributed by atoms with E-state index in [1.807, 2.05) is 0 Å². The van der Waals surface area contributed by atoms with Crippen LogP contribution in [0.5, 0.6) is 0 Å². The van der Waals surface area contributed by atoms with E-state index < -0.39 is 5.96 Å². The second-order valence-electron chi connectivity index (χ2n) is 4.76. The summed E-state index contributed by atoms with van der Waals surface area (Å²) in [6.07, 6.45) is 0. The van der Waals surface area contributed by atoms with Gasteiger partial charge in [-0.05, 0) is 0 Å². The monoisotopic (exact) mass is 342 g/mol. The zero-order valence-corrected chi connectivity index (χ0v) is 13.6. The molecule has 0 atom stereocenters. The topological polar surface area (TPSA) is 0 Å². The summed E-state index contributed by atoms with van der Waals surface area (Å²) in [7, 11) is 0. The molecule has 100 valence electrons. The molecular formula is C18H16BrP. The third-order valence-electron chi connectivity index (χ3n) is 3.51. The number of hydrogen-bond acceptors (Lipinski definition) is 0. The van der Waals surface area contributed by atoms with E-state index in [0.717, 1.165) is 0 Å². The van der Waals surface area contributed by atoms with Gasteiger partial charge in [0.1, 0.15) is 0 Å². The Bertz CT molecular complexity index is 569. The number of rotatable bonds is 3. The van der Waals surface area contributed by atoms with Gasteiger partial charge >= 0.3 is 128 Å². The predicted molar refractivity (Wildman–Crippen MR) is 95.5 cm³/mol. The van der Waals surface area contributed by atoms with Crippen LogP contribution >= 0.6 is 21.5 Å². The molecule has 0 N–H and O–H groups in total. The van der Waals surface area contributed by atoms with Crippen molar-refractivity contribution in [1.82, 2.24) is 0 Å². The average molecular weight is 343 g/mol. The SMILES string of the molecule is Br[PH](c1ccccc1)(c1ccccc1)c1ccccc1. The van der Waals surface area contributed by atoms with E-state index in [1.165, 1.54) is 15.9 Å². The third-order valence-corrected chi connectivity index (χ3v) is 11.0. The number of halogens is 1. The zero-order valence-electron chi connectivity index (χ0n) is 11.0. The molecule has 0 heterocycles. The first-order chi connectivity index (χ1) is 9.82. The second kappa shape index (κ2) is 5.91. The van der Waals surface area contributed by atoms with Crippen LogP contribution in [0.25, 0.3) is 0 Å². The van der Waals surface area contributed by atoms with Crippen molar-refractivity contribution in [2.75, 3.05) is 0 Å². The Labute approximate surface area is 128 Å². The summed E-state index contributed by atoms with van der Waals surface area (Å²) >= 11 is 4.15. The standard InChI is InChI=1S/C18H16BrP/c19-20(16-10-4-1-5-11-16,17-12-6-2-7-13-17)18-14-8-3-9-15-18/h1-15,20H. The summed E-state index contributed by atoms with van der Waals surface area (Å²) in [6, 6.07) is 32.2. The van der Waals surface area contributed by atoms with Gasteiger partial charge in [-0.1, -0.05) is 0 Å². The molecule has 0 saturated carbocycles. The fraction of sp³-hybridized carbons (Fsp3) is 0. The predicted octanol–water partition coefficient (Wildman–Crippen LogP) is 4.02. The molecule has 0 saturated heterocycles. The summed E-state index contributed by atoms with van der Waals surface area (Å²) in [6.45, 7) is 0. The van der Waals surface area contributed by atoms with Gasteiger partial charge in [0.25, 0.3) is 0 Å². The maximum absolute atomic E-state index is 4.15. The van der Waals surface area contributed by atoms with E-state index in [0.29, 0.717) is 0 Å². The molecule has 3 aromatic carbocycles. The van der Waals surface area contributed by atoms with Gasteiger partial charge in [0.05, 0.1) is 0 Å². The van der Waals surface area contributed by atoms with E-state index in [4.69, 9.17) is 0 Å². The van der Waals surface area contributed by atoms with Crippen molar-refractivity contribution in [3.05, 3.63) is 91.0 Å². The molecule has 0 radical (unpaired) electrons. The first-order valence-electron chi connectivity index (χ1n) is 6.67. The summed E-state index contributed by atoms with van der Waals surface area (Å²) in [5.41, 5.74) is 0. The van der Waals surface area contributed by atoms with Crippen LogP contribution in [0.2, 0.25) is 0 Å². The summed E-state index contributed by atoms with van der Waals surface area (Å²) in [4.78, 5) is 0. The van der Waals surface area contributed by atoms with Gasteiger partial charge < -0.3 is 0 Å². The first-order valence-corrected chi connectivity index (χ1v) is 10.9. The Kier molecular flexibility index (Phi) is 4.00. The molecule has 0 bridgehead atoms. The van der Waals surface area contributed by atoms with Crippen molar-refractivity contribution in [2.24, 2.45) is 0 Å². The minimum absolute atomic E-state index is 1.37. The van der Waals surface area contributed by atoms with Gasteiger partial charge in [0.15, 0.2) is 0 Å². The van der Waals surface area contributed by atoms with Gasteiger partial charge in [-0.25, -0.2) is 0 Å². The van der Waals surface area contributed by atoms with Crippen molar-refractivity contribution in [3.63, 3.8) is 0 Å². The Hall–Kier alpha value is -1.43. The Balaban J connectivity index is 2.24. The fourth-order valence-electron chi connectivity index (χ4n) is 2.50. The molecule has 3 aromatic rings. The Morgan fingerprint density at radius 3 is 0.950 bits per heavy atom. The molecule has 0 aliphatic heterocycles. The van der Waals surface area contributed by atoms with Crippen LogP contribution in [0.1, 0.15) is 0 Å². The van der Waals surface area contributed by atoms with Crippen LogP contribution in [0, 0.1) is 0 Å². The maximum atomic E-state index is 4.15. The molecule has 0 aromatic heterocycles. The average Bonchev–Trinajstić information content (AvgIpc) is 2.56.